The van der Waals surface area contributed by atoms with Crippen LogP contribution in [-0.2, 0) is 10.0 Å². The predicted molar refractivity (Wildman–Crippen MR) is 103 cm³/mol. The predicted octanol–water partition coefficient (Wildman–Crippen LogP) is 2.46. The molecule has 0 radical (unpaired) electrons. The molecule has 1 unspecified atom stereocenters. The first-order valence-electron chi connectivity index (χ1n) is 8.23. The summed E-state index contributed by atoms with van der Waals surface area (Å²) in [7, 11) is -2.20. The standard InChI is InChI=1S/C18H23N3O3S.ClH/c1-13-9-14(2)18(24-3)17(10-13)25(22,23)21-8-7-20-12-16(21)15-5-4-6-19-11-15;/h4-6,9-11,16,20H,7-8,12H2,1-3H3;1H. The Morgan fingerprint density at radius 3 is 2.73 bits per heavy atom. The quantitative estimate of drug-likeness (QED) is 0.858. The van der Waals surface area contributed by atoms with Crippen molar-refractivity contribution < 1.29 is 13.2 Å². The molecule has 0 bridgehead atoms. The van der Waals surface area contributed by atoms with Crippen LogP contribution >= 0.6 is 12.4 Å². The average Bonchev–Trinajstić information content (AvgIpc) is 2.62. The number of sulfonamides is 1. The maximum atomic E-state index is 13.5. The topological polar surface area (TPSA) is 71.5 Å². The number of halogens is 1. The van der Waals surface area contributed by atoms with E-state index in [-0.39, 0.29) is 23.3 Å². The molecule has 0 amide bonds. The molecule has 0 aliphatic carbocycles. The van der Waals surface area contributed by atoms with Crippen molar-refractivity contribution in [2.24, 2.45) is 0 Å². The second kappa shape index (κ2) is 8.35. The average molecular weight is 398 g/mol. The number of methoxy groups -OCH3 is 1. The van der Waals surface area contributed by atoms with E-state index in [1.165, 1.54) is 7.11 Å². The van der Waals surface area contributed by atoms with E-state index in [4.69, 9.17) is 4.74 Å². The van der Waals surface area contributed by atoms with Crippen LogP contribution in [0.25, 0.3) is 0 Å². The Kier molecular flexibility index (Phi) is 6.63. The monoisotopic (exact) mass is 397 g/mol. The summed E-state index contributed by atoms with van der Waals surface area (Å²) < 4.78 is 33.9. The maximum Gasteiger partial charge on any atom is 0.247 e. The highest BCUT2D eigenvalue weighted by Gasteiger charge is 2.36. The maximum absolute atomic E-state index is 13.5. The van der Waals surface area contributed by atoms with E-state index in [0.717, 1.165) is 16.7 Å². The van der Waals surface area contributed by atoms with Gasteiger partial charge in [0.2, 0.25) is 10.0 Å². The Labute approximate surface area is 161 Å². The van der Waals surface area contributed by atoms with E-state index in [0.29, 0.717) is 25.4 Å². The van der Waals surface area contributed by atoms with Crippen LogP contribution in [0.5, 0.6) is 5.75 Å². The van der Waals surface area contributed by atoms with Gasteiger partial charge in [-0.2, -0.15) is 4.31 Å². The number of aryl methyl sites for hydroxylation is 2. The molecular formula is C18H24ClN3O3S. The molecule has 1 N–H and O–H groups in total. The van der Waals surface area contributed by atoms with Crippen molar-refractivity contribution in [1.82, 2.24) is 14.6 Å². The summed E-state index contributed by atoms with van der Waals surface area (Å²) >= 11 is 0. The zero-order chi connectivity index (χ0) is 18.0. The summed E-state index contributed by atoms with van der Waals surface area (Å²) in [5, 5.41) is 3.27. The minimum Gasteiger partial charge on any atom is -0.495 e. The van der Waals surface area contributed by atoms with Crippen LogP contribution in [0.4, 0.5) is 0 Å². The molecule has 1 fully saturated rings. The number of nitrogens with zero attached hydrogens (tertiary/aromatic N) is 2. The third kappa shape index (κ3) is 3.86. The van der Waals surface area contributed by atoms with Crippen LogP contribution in [0, 0.1) is 13.8 Å². The molecule has 1 aliphatic rings. The number of rotatable bonds is 4. The number of ether oxygens (including phenoxy) is 1. The second-order valence-corrected chi connectivity index (χ2v) is 8.09. The third-order valence-corrected chi connectivity index (χ3v) is 6.35. The lowest BCUT2D eigenvalue weighted by Gasteiger charge is -2.35. The van der Waals surface area contributed by atoms with Crippen LogP contribution in [0.2, 0.25) is 0 Å². The SMILES string of the molecule is COc1c(C)cc(C)cc1S(=O)(=O)N1CCNCC1c1cccnc1.Cl. The summed E-state index contributed by atoms with van der Waals surface area (Å²) in [5.74, 6) is 0.411. The number of hydrogen-bond acceptors (Lipinski definition) is 5. The summed E-state index contributed by atoms with van der Waals surface area (Å²) in [6.45, 7) is 5.32. The molecule has 1 aromatic heterocycles. The first-order valence-corrected chi connectivity index (χ1v) is 9.67. The number of pyridine rings is 1. The van der Waals surface area contributed by atoms with Gasteiger partial charge in [-0.3, -0.25) is 4.98 Å². The molecule has 3 rings (SSSR count). The molecule has 6 nitrogen and oxygen atoms in total. The highest BCUT2D eigenvalue weighted by molar-refractivity contribution is 7.89. The van der Waals surface area contributed by atoms with Crippen molar-refractivity contribution in [3.05, 3.63) is 53.3 Å². The molecule has 1 aromatic carbocycles. The van der Waals surface area contributed by atoms with Crippen LogP contribution in [0.15, 0.2) is 41.6 Å². The number of aromatic nitrogens is 1. The van der Waals surface area contributed by atoms with E-state index in [2.05, 4.69) is 10.3 Å². The zero-order valence-electron chi connectivity index (χ0n) is 15.1. The Bertz CT molecular complexity index is 859. The van der Waals surface area contributed by atoms with Gasteiger partial charge in [0.05, 0.1) is 13.2 Å². The van der Waals surface area contributed by atoms with Gasteiger partial charge in [-0.25, -0.2) is 8.42 Å². The second-order valence-electron chi connectivity index (χ2n) is 6.24. The summed E-state index contributed by atoms with van der Waals surface area (Å²) in [5.41, 5.74) is 2.58. The van der Waals surface area contributed by atoms with E-state index < -0.39 is 10.0 Å². The highest BCUT2D eigenvalue weighted by Crippen LogP contribution is 2.35. The van der Waals surface area contributed by atoms with Crippen LogP contribution < -0.4 is 10.1 Å². The minimum atomic E-state index is -3.71. The van der Waals surface area contributed by atoms with Crippen molar-refractivity contribution in [3.8, 4) is 5.75 Å². The van der Waals surface area contributed by atoms with Crippen molar-refractivity contribution in [2.75, 3.05) is 26.7 Å². The van der Waals surface area contributed by atoms with Crippen LogP contribution in [0.1, 0.15) is 22.7 Å². The van der Waals surface area contributed by atoms with Gasteiger partial charge in [-0.1, -0.05) is 12.1 Å². The molecule has 0 spiro atoms. The molecular weight excluding hydrogens is 374 g/mol. The fourth-order valence-electron chi connectivity index (χ4n) is 3.33. The highest BCUT2D eigenvalue weighted by atomic mass is 35.5. The van der Waals surface area contributed by atoms with Gasteiger partial charge in [0.25, 0.3) is 0 Å². The van der Waals surface area contributed by atoms with E-state index in [1.807, 2.05) is 32.0 Å². The van der Waals surface area contributed by atoms with Gasteiger partial charge in [0.15, 0.2) is 0 Å². The number of piperazine rings is 1. The van der Waals surface area contributed by atoms with Crippen LogP contribution in [-0.4, -0.2) is 44.5 Å². The smallest absolute Gasteiger partial charge is 0.247 e. The Balaban J connectivity index is 0.00000243. The Morgan fingerprint density at radius 1 is 1.31 bits per heavy atom. The van der Waals surface area contributed by atoms with E-state index in [1.54, 1.807) is 22.8 Å². The third-order valence-electron chi connectivity index (χ3n) is 4.44. The fraction of sp³-hybridized carbons (Fsp3) is 0.389. The van der Waals surface area contributed by atoms with Crippen molar-refractivity contribution in [2.45, 2.75) is 24.8 Å². The fourth-order valence-corrected chi connectivity index (χ4v) is 5.25. The van der Waals surface area contributed by atoms with Gasteiger partial charge in [-0.15, -0.1) is 12.4 Å². The molecule has 8 heteroatoms. The van der Waals surface area contributed by atoms with Crippen molar-refractivity contribution in [3.63, 3.8) is 0 Å². The molecule has 142 valence electrons. The van der Waals surface area contributed by atoms with Gasteiger partial charge >= 0.3 is 0 Å². The molecule has 1 saturated heterocycles. The summed E-state index contributed by atoms with van der Waals surface area (Å²) in [6.07, 6.45) is 3.41. The lowest BCUT2D eigenvalue weighted by molar-refractivity contribution is 0.270. The van der Waals surface area contributed by atoms with Crippen LogP contribution in [0.3, 0.4) is 0 Å². The summed E-state index contributed by atoms with van der Waals surface area (Å²) in [6, 6.07) is 7.05. The lowest BCUT2D eigenvalue weighted by atomic mass is 10.1. The normalized spacial score (nSPS) is 18.2. The molecule has 0 saturated carbocycles. The number of hydrogen-bond donors (Lipinski definition) is 1. The van der Waals surface area contributed by atoms with Crippen molar-refractivity contribution in [1.29, 1.82) is 0 Å². The van der Waals surface area contributed by atoms with Crippen molar-refractivity contribution >= 4 is 22.4 Å². The number of benzene rings is 1. The van der Waals surface area contributed by atoms with Gasteiger partial charge in [0.1, 0.15) is 10.6 Å². The zero-order valence-corrected chi connectivity index (χ0v) is 16.7. The van der Waals surface area contributed by atoms with E-state index in [9.17, 15) is 8.42 Å². The summed E-state index contributed by atoms with van der Waals surface area (Å²) in [4.78, 5) is 4.36. The largest absolute Gasteiger partial charge is 0.495 e. The lowest BCUT2D eigenvalue weighted by Crippen LogP contribution is -2.48. The van der Waals surface area contributed by atoms with Gasteiger partial charge in [-0.05, 0) is 42.7 Å². The minimum absolute atomic E-state index is 0. The van der Waals surface area contributed by atoms with Gasteiger partial charge in [0, 0.05) is 32.0 Å². The first kappa shape index (κ1) is 20.6. The molecule has 1 aliphatic heterocycles. The molecule has 2 heterocycles. The molecule has 26 heavy (non-hydrogen) atoms. The Hall–Kier alpha value is -1.67. The van der Waals surface area contributed by atoms with Gasteiger partial charge < -0.3 is 10.1 Å². The molecule has 1 atom stereocenters. The first-order chi connectivity index (χ1) is 11.9. The Morgan fingerprint density at radius 2 is 2.08 bits per heavy atom. The van der Waals surface area contributed by atoms with E-state index >= 15 is 0 Å². The molecule has 2 aromatic rings. The number of nitrogens with one attached hydrogen (secondary N) is 1.